The quantitative estimate of drug-likeness (QED) is 0.517. The summed E-state index contributed by atoms with van der Waals surface area (Å²) in [6, 6.07) is 12.4. The molecule has 0 radical (unpaired) electrons. The van der Waals surface area contributed by atoms with Crippen LogP contribution in [0.3, 0.4) is 0 Å². The molecule has 0 spiro atoms. The Bertz CT molecular complexity index is 1300. The van der Waals surface area contributed by atoms with Gasteiger partial charge >= 0.3 is 0 Å². The lowest BCUT2D eigenvalue weighted by Gasteiger charge is -2.23. The lowest BCUT2D eigenvalue weighted by molar-refractivity contribution is 0.602. The maximum atomic E-state index is 12.1. The summed E-state index contributed by atoms with van der Waals surface area (Å²) in [5.41, 5.74) is 3.10. The molecule has 148 valence electrons. The second-order valence-corrected chi connectivity index (χ2v) is 8.53. The number of nitrogens with one attached hydrogen (secondary N) is 2. The fourth-order valence-electron chi connectivity index (χ4n) is 3.02. The topological polar surface area (TPSA) is 117 Å². The molecule has 2 heterocycles. The minimum Gasteiger partial charge on any atom is -0.357 e. The van der Waals surface area contributed by atoms with Gasteiger partial charge in [-0.05, 0) is 43.3 Å². The lowest BCUT2D eigenvalue weighted by Crippen LogP contribution is -2.15. The predicted octanol–water partition coefficient (Wildman–Crippen LogP) is 2.97. The van der Waals surface area contributed by atoms with Crippen LogP contribution in [0.1, 0.15) is 5.69 Å². The number of sulfone groups is 1. The molecule has 0 aliphatic carbocycles. The van der Waals surface area contributed by atoms with Gasteiger partial charge in [-0.15, -0.1) is 0 Å². The predicted molar refractivity (Wildman–Crippen MR) is 112 cm³/mol. The van der Waals surface area contributed by atoms with Crippen molar-refractivity contribution >= 4 is 44.0 Å². The highest BCUT2D eigenvalue weighted by Crippen LogP contribution is 2.35. The van der Waals surface area contributed by atoms with Gasteiger partial charge in [-0.3, -0.25) is 10.00 Å². The minimum absolute atomic E-state index is 0.208. The van der Waals surface area contributed by atoms with Crippen molar-refractivity contribution in [2.24, 2.45) is 0 Å². The molecule has 0 aliphatic heterocycles. The molecule has 2 aromatic carbocycles. The molecule has 0 saturated carbocycles. The first-order valence-corrected chi connectivity index (χ1v) is 10.7. The number of aromatic amines is 1. The highest BCUT2D eigenvalue weighted by atomic mass is 32.2. The zero-order chi connectivity index (χ0) is 20.6. The van der Waals surface area contributed by atoms with Gasteiger partial charge in [0.15, 0.2) is 9.84 Å². The standard InChI is InChI=1S/C19H19N7O2S/c1-12-16-8-7-14(10-17(16)25-24-12)26(19-22-11-21-18(20-2)23-19)13-5-4-6-15(9-13)29(3,27)28/h4-11H,1-3H3,(H,24,25)(H,20,21,22,23). The molecule has 0 fully saturated rings. The van der Waals surface area contributed by atoms with Gasteiger partial charge in [-0.25, -0.2) is 18.4 Å². The van der Waals surface area contributed by atoms with Crippen LogP contribution in [0.2, 0.25) is 0 Å². The number of H-pyrrole nitrogens is 1. The Morgan fingerprint density at radius 3 is 2.62 bits per heavy atom. The van der Waals surface area contributed by atoms with Gasteiger partial charge < -0.3 is 5.32 Å². The molecule has 0 aliphatic rings. The zero-order valence-corrected chi connectivity index (χ0v) is 16.9. The van der Waals surface area contributed by atoms with Crippen LogP contribution in [0.15, 0.2) is 53.7 Å². The van der Waals surface area contributed by atoms with Gasteiger partial charge in [0, 0.05) is 24.4 Å². The fourth-order valence-corrected chi connectivity index (χ4v) is 3.68. The van der Waals surface area contributed by atoms with Crippen LogP contribution in [-0.2, 0) is 9.84 Å². The zero-order valence-electron chi connectivity index (χ0n) is 16.1. The average molecular weight is 409 g/mol. The summed E-state index contributed by atoms with van der Waals surface area (Å²) in [4.78, 5) is 14.8. The number of benzene rings is 2. The van der Waals surface area contributed by atoms with E-state index < -0.39 is 9.84 Å². The first-order valence-electron chi connectivity index (χ1n) is 8.78. The molecule has 0 saturated heterocycles. The largest absolute Gasteiger partial charge is 0.357 e. The van der Waals surface area contributed by atoms with E-state index in [1.165, 1.54) is 12.6 Å². The normalized spacial score (nSPS) is 11.6. The molecule has 4 aromatic rings. The van der Waals surface area contributed by atoms with Crippen LogP contribution in [0.25, 0.3) is 10.9 Å². The smallest absolute Gasteiger partial charge is 0.239 e. The number of rotatable bonds is 5. The Hall–Kier alpha value is -3.53. The summed E-state index contributed by atoms with van der Waals surface area (Å²) in [6.45, 7) is 1.95. The maximum Gasteiger partial charge on any atom is 0.239 e. The Kier molecular flexibility index (Phi) is 4.63. The number of nitrogens with zero attached hydrogens (tertiary/aromatic N) is 5. The van der Waals surface area contributed by atoms with E-state index in [0.717, 1.165) is 22.3 Å². The van der Waals surface area contributed by atoms with Gasteiger partial charge in [-0.1, -0.05) is 6.07 Å². The van der Waals surface area contributed by atoms with Gasteiger partial charge in [0.25, 0.3) is 0 Å². The first-order chi connectivity index (χ1) is 13.9. The van der Waals surface area contributed by atoms with Gasteiger partial charge in [0.2, 0.25) is 11.9 Å². The summed E-state index contributed by atoms with van der Waals surface area (Å²) in [6.07, 6.45) is 2.58. The highest BCUT2D eigenvalue weighted by molar-refractivity contribution is 7.90. The van der Waals surface area contributed by atoms with Crippen LogP contribution in [0.5, 0.6) is 0 Å². The number of fused-ring (bicyclic) bond motifs is 1. The van der Waals surface area contributed by atoms with E-state index in [1.54, 1.807) is 36.2 Å². The van der Waals surface area contributed by atoms with E-state index in [4.69, 9.17) is 0 Å². The van der Waals surface area contributed by atoms with E-state index >= 15 is 0 Å². The molecule has 2 aromatic heterocycles. The van der Waals surface area contributed by atoms with Crippen molar-refractivity contribution in [1.29, 1.82) is 0 Å². The molecule has 0 amide bonds. The van der Waals surface area contributed by atoms with E-state index in [-0.39, 0.29) is 4.90 Å². The van der Waals surface area contributed by atoms with E-state index in [0.29, 0.717) is 17.6 Å². The maximum absolute atomic E-state index is 12.1. The van der Waals surface area contributed by atoms with Crippen LogP contribution >= 0.6 is 0 Å². The van der Waals surface area contributed by atoms with Crippen molar-refractivity contribution in [1.82, 2.24) is 25.1 Å². The SMILES string of the molecule is CNc1ncnc(N(c2cccc(S(C)(=O)=O)c2)c2ccc3c(C)[nH]nc3c2)n1. The van der Waals surface area contributed by atoms with Crippen molar-refractivity contribution in [3.8, 4) is 0 Å². The van der Waals surface area contributed by atoms with Crippen molar-refractivity contribution in [2.45, 2.75) is 11.8 Å². The number of hydrogen-bond donors (Lipinski definition) is 2. The summed E-state index contributed by atoms with van der Waals surface area (Å²) in [7, 11) is -1.66. The molecule has 0 bridgehead atoms. The molecule has 10 heteroatoms. The summed E-state index contributed by atoms with van der Waals surface area (Å²) >= 11 is 0. The van der Waals surface area contributed by atoms with Gasteiger partial charge in [0.05, 0.1) is 21.8 Å². The van der Waals surface area contributed by atoms with Crippen LogP contribution < -0.4 is 10.2 Å². The number of anilines is 4. The summed E-state index contributed by atoms with van der Waals surface area (Å²) < 4.78 is 24.1. The molecule has 4 rings (SSSR count). The van der Waals surface area contributed by atoms with E-state index in [9.17, 15) is 8.42 Å². The van der Waals surface area contributed by atoms with Crippen molar-refractivity contribution in [3.05, 3.63) is 54.5 Å². The Morgan fingerprint density at radius 1 is 1.07 bits per heavy atom. The van der Waals surface area contributed by atoms with E-state index in [1.807, 2.05) is 25.1 Å². The van der Waals surface area contributed by atoms with Gasteiger partial charge in [-0.2, -0.15) is 10.1 Å². The van der Waals surface area contributed by atoms with Crippen molar-refractivity contribution in [3.63, 3.8) is 0 Å². The monoisotopic (exact) mass is 409 g/mol. The fraction of sp³-hybridized carbons (Fsp3) is 0.158. The molecule has 0 atom stereocenters. The molecule has 9 nitrogen and oxygen atoms in total. The average Bonchev–Trinajstić information content (AvgIpc) is 3.08. The third-order valence-electron chi connectivity index (χ3n) is 4.47. The summed E-state index contributed by atoms with van der Waals surface area (Å²) in [5, 5.41) is 11.2. The molecule has 0 unspecified atom stereocenters. The minimum atomic E-state index is -3.38. The third kappa shape index (κ3) is 3.61. The molecular weight excluding hydrogens is 390 g/mol. The lowest BCUT2D eigenvalue weighted by atomic mass is 10.1. The Balaban J connectivity index is 1.93. The second kappa shape index (κ2) is 7.13. The van der Waals surface area contributed by atoms with Crippen molar-refractivity contribution < 1.29 is 8.42 Å². The molecule has 29 heavy (non-hydrogen) atoms. The Morgan fingerprint density at radius 2 is 1.86 bits per heavy atom. The number of aryl methyl sites for hydroxylation is 1. The molecule has 2 N–H and O–H groups in total. The highest BCUT2D eigenvalue weighted by Gasteiger charge is 2.19. The van der Waals surface area contributed by atoms with E-state index in [2.05, 4.69) is 30.5 Å². The Labute approximate surface area is 167 Å². The van der Waals surface area contributed by atoms with Crippen molar-refractivity contribution in [2.75, 3.05) is 23.5 Å². The summed E-state index contributed by atoms with van der Waals surface area (Å²) in [5.74, 6) is 0.748. The second-order valence-electron chi connectivity index (χ2n) is 6.51. The van der Waals surface area contributed by atoms with Crippen LogP contribution in [0, 0.1) is 6.92 Å². The number of aromatic nitrogens is 5. The molecular formula is C19H19N7O2S. The van der Waals surface area contributed by atoms with Gasteiger partial charge in [0.1, 0.15) is 6.33 Å². The van der Waals surface area contributed by atoms with Crippen LogP contribution in [0.4, 0.5) is 23.3 Å². The first kappa shape index (κ1) is 18.8. The number of hydrogen-bond acceptors (Lipinski definition) is 8. The third-order valence-corrected chi connectivity index (χ3v) is 5.58. The van der Waals surface area contributed by atoms with Crippen LogP contribution in [-0.4, -0.2) is 46.9 Å².